The van der Waals surface area contributed by atoms with Gasteiger partial charge in [-0.25, -0.2) is 13.6 Å². The van der Waals surface area contributed by atoms with E-state index in [4.69, 9.17) is 5.14 Å². The third kappa shape index (κ3) is 5.02. The van der Waals surface area contributed by atoms with Gasteiger partial charge in [0.05, 0.1) is 5.75 Å². The highest BCUT2D eigenvalue weighted by Crippen LogP contribution is 2.09. The Kier molecular flexibility index (Phi) is 3.90. The van der Waals surface area contributed by atoms with E-state index in [2.05, 4.69) is 17.5 Å². The van der Waals surface area contributed by atoms with E-state index in [9.17, 15) is 8.42 Å². The Balaban J connectivity index is 2.16. The molecule has 0 heterocycles. The highest BCUT2D eigenvalue weighted by molar-refractivity contribution is 7.89. The van der Waals surface area contributed by atoms with Gasteiger partial charge in [0.2, 0.25) is 10.0 Å². The second kappa shape index (κ2) is 4.74. The predicted octanol–water partition coefficient (Wildman–Crippen LogP) is -0.0268. The molecule has 1 aliphatic carbocycles. The topological polar surface area (TPSA) is 72.2 Å². The van der Waals surface area contributed by atoms with E-state index in [-0.39, 0.29) is 5.75 Å². The number of hydrogen-bond acceptors (Lipinski definition) is 3. The molecule has 0 fully saturated rings. The van der Waals surface area contributed by atoms with Gasteiger partial charge < -0.3 is 5.32 Å². The van der Waals surface area contributed by atoms with E-state index in [0.29, 0.717) is 12.6 Å². The summed E-state index contributed by atoms with van der Waals surface area (Å²) in [7, 11) is -3.31. The first kappa shape index (κ1) is 10.7. The van der Waals surface area contributed by atoms with E-state index in [1.54, 1.807) is 0 Å². The quantitative estimate of drug-likeness (QED) is 0.632. The summed E-state index contributed by atoms with van der Waals surface area (Å²) in [6.45, 7) is 0.456. The molecule has 0 saturated heterocycles. The Labute approximate surface area is 79.2 Å². The predicted molar refractivity (Wildman–Crippen MR) is 52.8 cm³/mol. The molecule has 0 saturated carbocycles. The van der Waals surface area contributed by atoms with E-state index in [1.165, 1.54) is 0 Å². The average molecular weight is 204 g/mol. The van der Waals surface area contributed by atoms with Crippen molar-refractivity contribution < 1.29 is 8.42 Å². The molecule has 5 heteroatoms. The number of allylic oxidation sites excluding steroid dienone is 1. The molecule has 0 bridgehead atoms. The monoisotopic (exact) mass is 204 g/mol. The van der Waals surface area contributed by atoms with Gasteiger partial charge in [-0.15, -0.1) is 0 Å². The fourth-order valence-corrected chi connectivity index (χ4v) is 1.79. The fraction of sp³-hybridized carbons (Fsp3) is 0.750. The minimum atomic E-state index is -3.31. The van der Waals surface area contributed by atoms with Crippen LogP contribution in [0.15, 0.2) is 12.2 Å². The Morgan fingerprint density at radius 1 is 1.46 bits per heavy atom. The number of hydrogen-bond donors (Lipinski definition) is 2. The maximum Gasteiger partial charge on any atom is 0.210 e. The van der Waals surface area contributed by atoms with Gasteiger partial charge >= 0.3 is 0 Å². The number of rotatable bonds is 4. The summed E-state index contributed by atoms with van der Waals surface area (Å²) in [5, 5.41) is 8.04. The summed E-state index contributed by atoms with van der Waals surface area (Å²) in [5.74, 6) is 0.0210. The molecule has 0 amide bonds. The summed E-state index contributed by atoms with van der Waals surface area (Å²) in [6.07, 6.45) is 7.43. The van der Waals surface area contributed by atoms with Crippen LogP contribution in [0.25, 0.3) is 0 Å². The van der Waals surface area contributed by atoms with Crippen LogP contribution < -0.4 is 10.5 Å². The zero-order valence-electron chi connectivity index (χ0n) is 7.57. The molecule has 0 aliphatic heterocycles. The van der Waals surface area contributed by atoms with Crippen LogP contribution in [0.2, 0.25) is 0 Å². The van der Waals surface area contributed by atoms with Crippen molar-refractivity contribution >= 4 is 10.0 Å². The molecule has 0 aromatic heterocycles. The molecule has 1 atom stereocenters. The molecule has 0 spiro atoms. The highest BCUT2D eigenvalue weighted by atomic mass is 32.2. The molecule has 3 N–H and O–H groups in total. The zero-order chi connectivity index (χ0) is 9.73. The van der Waals surface area contributed by atoms with Crippen LogP contribution in [0.1, 0.15) is 19.3 Å². The van der Waals surface area contributed by atoms with Crippen molar-refractivity contribution in [2.24, 2.45) is 5.14 Å². The van der Waals surface area contributed by atoms with Crippen LogP contribution in [-0.2, 0) is 10.0 Å². The summed E-state index contributed by atoms with van der Waals surface area (Å²) in [4.78, 5) is 0. The molecular weight excluding hydrogens is 188 g/mol. The average Bonchev–Trinajstić information content (AvgIpc) is 2.04. The Hall–Kier alpha value is -0.390. The van der Waals surface area contributed by atoms with Crippen molar-refractivity contribution in [3.8, 4) is 0 Å². The van der Waals surface area contributed by atoms with Crippen molar-refractivity contribution in [3.63, 3.8) is 0 Å². The molecule has 0 aromatic rings. The Morgan fingerprint density at radius 3 is 2.77 bits per heavy atom. The van der Waals surface area contributed by atoms with Crippen LogP contribution in [-0.4, -0.2) is 26.8 Å². The smallest absolute Gasteiger partial charge is 0.210 e. The SMILES string of the molecule is NS(=O)(=O)CCNC1CC=CCC1. The van der Waals surface area contributed by atoms with Gasteiger partial charge in [0.15, 0.2) is 0 Å². The molecular formula is C8H16N2O2S. The van der Waals surface area contributed by atoms with E-state index in [0.717, 1.165) is 19.3 Å². The van der Waals surface area contributed by atoms with Gasteiger partial charge in [-0.3, -0.25) is 0 Å². The van der Waals surface area contributed by atoms with Crippen LogP contribution in [0.4, 0.5) is 0 Å². The number of nitrogens with two attached hydrogens (primary N) is 1. The van der Waals surface area contributed by atoms with Gasteiger partial charge in [0.25, 0.3) is 0 Å². The highest BCUT2D eigenvalue weighted by Gasteiger charge is 2.09. The lowest BCUT2D eigenvalue weighted by molar-refractivity contribution is 0.487. The normalized spacial score (nSPS) is 23.3. The number of sulfonamides is 1. The molecule has 4 nitrogen and oxygen atoms in total. The second-order valence-electron chi connectivity index (χ2n) is 3.30. The second-order valence-corrected chi connectivity index (χ2v) is 5.04. The molecule has 13 heavy (non-hydrogen) atoms. The molecule has 1 unspecified atom stereocenters. The summed E-state index contributed by atoms with van der Waals surface area (Å²) in [6, 6.07) is 0.423. The molecule has 1 rings (SSSR count). The number of nitrogens with one attached hydrogen (secondary N) is 1. The summed E-state index contributed by atoms with van der Waals surface area (Å²) >= 11 is 0. The largest absolute Gasteiger partial charge is 0.313 e. The first-order valence-corrected chi connectivity index (χ1v) is 6.18. The van der Waals surface area contributed by atoms with Crippen molar-refractivity contribution in [1.82, 2.24) is 5.32 Å². The fourth-order valence-electron chi connectivity index (χ4n) is 1.38. The third-order valence-corrected chi connectivity index (χ3v) is 2.86. The van der Waals surface area contributed by atoms with Gasteiger partial charge in [-0.05, 0) is 19.3 Å². The first-order valence-electron chi connectivity index (χ1n) is 4.47. The van der Waals surface area contributed by atoms with Crippen LogP contribution in [0, 0.1) is 0 Å². The molecule has 76 valence electrons. The standard InChI is InChI=1S/C8H16N2O2S/c9-13(11,12)7-6-10-8-4-2-1-3-5-8/h1-2,8,10H,3-7H2,(H2,9,11,12). The van der Waals surface area contributed by atoms with Gasteiger partial charge in [-0.1, -0.05) is 12.2 Å². The summed E-state index contributed by atoms with van der Waals surface area (Å²) < 4.78 is 21.2. The van der Waals surface area contributed by atoms with Crippen LogP contribution >= 0.6 is 0 Å². The Morgan fingerprint density at radius 2 is 2.23 bits per heavy atom. The lowest BCUT2D eigenvalue weighted by atomic mass is 10.0. The van der Waals surface area contributed by atoms with Crippen molar-refractivity contribution in [2.45, 2.75) is 25.3 Å². The lowest BCUT2D eigenvalue weighted by Crippen LogP contribution is -2.35. The Bertz CT molecular complexity index is 272. The van der Waals surface area contributed by atoms with Crippen molar-refractivity contribution in [1.29, 1.82) is 0 Å². The maximum absolute atomic E-state index is 10.6. The van der Waals surface area contributed by atoms with E-state index < -0.39 is 10.0 Å². The molecule has 0 radical (unpaired) electrons. The number of primary sulfonamides is 1. The maximum atomic E-state index is 10.6. The summed E-state index contributed by atoms with van der Waals surface area (Å²) in [5.41, 5.74) is 0. The lowest BCUT2D eigenvalue weighted by Gasteiger charge is -2.18. The minimum Gasteiger partial charge on any atom is -0.313 e. The van der Waals surface area contributed by atoms with Crippen molar-refractivity contribution in [2.75, 3.05) is 12.3 Å². The van der Waals surface area contributed by atoms with Crippen molar-refractivity contribution in [3.05, 3.63) is 12.2 Å². The zero-order valence-corrected chi connectivity index (χ0v) is 8.39. The first-order chi connectivity index (χ1) is 6.08. The van der Waals surface area contributed by atoms with Crippen LogP contribution in [0.5, 0.6) is 0 Å². The molecule has 1 aliphatic rings. The third-order valence-electron chi connectivity index (χ3n) is 2.09. The van der Waals surface area contributed by atoms with Gasteiger partial charge in [0.1, 0.15) is 0 Å². The van der Waals surface area contributed by atoms with E-state index >= 15 is 0 Å². The van der Waals surface area contributed by atoms with E-state index in [1.807, 2.05) is 0 Å². The molecule has 0 aromatic carbocycles. The van der Waals surface area contributed by atoms with Gasteiger partial charge in [0, 0.05) is 12.6 Å². The van der Waals surface area contributed by atoms with Gasteiger partial charge in [-0.2, -0.15) is 0 Å². The minimum absolute atomic E-state index is 0.0210. The van der Waals surface area contributed by atoms with Crippen LogP contribution in [0.3, 0.4) is 0 Å².